The zero-order chi connectivity index (χ0) is 13.7. The molecule has 2 atom stereocenters. The first-order valence-corrected chi connectivity index (χ1v) is 8.03. The van der Waals surface area contributed by atoms with Crippen molar-refractivity contribution in [1.29, 1.82) is 0 Å². The highest BCUT2D eigenvalue weighted by molar-refractivity contribution is 7.99. The van der Waals surface area contributed by atoms with Gasteiger partial charge in [-0.2, -0.15) is 11.8 Å². The monoisotopic (exact) mass is 281 g/mol. The molecule has 0 aliphatic carbocycles. The predicted molar refractivity (Wildman–Crippen MR) is 81.5 cm³/mol. The molecular formula is C14H23N3OS. The second-order valence-electron chi connectivity index (χ2n) is 4.84. The van der Waals surface area contributed by atoms with E-state index in [0.29, 0.717) is 5.82 Å². The van der Waals surface area contributed by atoms with Crippen LogP contribution in [0, 0.1) is 6.92 Å². The Morgan fingerprint density at radius 3 is 3.11 bits per heavy atom. The lowest BCUT2D eigenvalue weighted by Gasteiger charge is -2.32. The van der Waals surface area contributed by atoms with Gasteiger partial charge in [-0.15, -0.1) is 0 Å². The summed E-state index contributed by atoms with van der Waals surface area (Å²) >= 11 is 1.94. The summed E-state index contributed by atoms with van der Waals surface area (Å²) in [4.78, 5) is 4.24. The Hall–Kier alpha value is -0.780. The molecular weight excluding hydrogens is 258 g/mol. The molecule has 0 saturated carbocycles. The van der Waals surface area contributed by atoms with Crippen molar-refractivity contribution >= 4 is 17.6 Å². The molecule has 1 aromatic rings. The average molecular weight is 281 g/mol. The third-order valence-corrected chi connectivity index (χ3v) is 4.40. The topological polar surface area (TPSA) is 60.2 Å². The van der Waals surface area contributed by atoms with Gasteiger partial charge >= 0.3 is 0 Å². The fraction of sp³-hybridized carbons (Fsp3) is 0.643. The molecule has 106 valence electrons. The minimum atomic E-state index is 0.140. The standard InChI is InChI=1S/C14H23N3OS/c1-3-5-16-13(11-9-19-8-7-18-11)12-10(2)4-6-17-14(12)15/h4,6,11,13,16H,3,5,7-9H2,1-2H3,(H2,15,17). The number of nitrogens with zero attached hydrogens (tertiary/aromatic N) is 1. The Labute approximate surface area is 119 Å². The number of ether oxygens (including phenoxy) is 1. The van der Waals surface area contributed by atoms with Crippen LogP contribution in [-0.2, 0) is 4.74 Å². The summed E-state index contributed by atoms with van der Waals surface area (Å²) < 4.78 is 5.93. The molecule has 5 heteroatoms. The zero-order valence-corrected chi connectivity index (χ0v) is 12.5. The highest BCUT2D eigenvalue weighted by Gasteiger charge is 2.28. The second kappa shape index (κ2) is 7.12. The van der Waals surface area contributed by atoms with Crippen molar-refractivity contribution in [1.82, 2.24) is 10.3 Å². The minimum absolute atomic E-state index is 0.140. The normalized spacial score (nSPS) is 21.3. The summed E-state index contributed by atoms with van der Waals surface area (Å²) in [7, 11) is 0. The molecule has 0 amide bonds. The summed E-state index contributed by atoms with van der Waals surface area (Å²) in [5.41, 5.74) is 8.37. The van der Waals surface area contributed by atoms with Crippen LogP contribution in [0.1, 0.15) is 30.5 Å². The molecule has 1 fully saturated rings. The van der Waals surface area contributed by atoms with E-state index in [2.05, 4.69) is 24.1 Å². The van der Waals surface area contributed by atoms with Crippen molar-refractivity contribution < 1.29 is 4.74 Å². The van der Waals surface area contributed by atoms with Crippen LogP contribution in [0.4, 0.5) is 5.82 Å². The predicted octanol–water partition coefficient (Wildman–Crippen LogP) is 2.14. The first kappa shape index (κ1) is 14.6. The number of aromatic nitrogens is 1. The Balaban J connectivity index is 2.25. The first-order chi connectivity index (χ1) is 9.24. The molecule has 1 aliphatic heterocycles. The summed E-state index contributed by atoms with van der Waals surface area (Å²) in [5.74, 6) is 2.71. The van der Waals surface area contributed by atoms with Crippen molar-refractivity contribution in [2.75, 3.05) is 30.4 Å². The third kappa shape index (κ3) is 3.61. The van der Waals surface area contributed by atoms with E-state index in [1.54, 1.807) is 6.20 Å². The van der Waals surface area contributed by atoms with E-state index >= 15 is 0 Å². The number of aryl methyl sites for hydroxylation is 1. The van der Waals surface area contributed by atoms with Crippen molar-refractivity contribution in [3.63, 3.8) is 0 Å². The molecule has 0 aromatic carbocycles. The van der Waals surface area contributed by atoms with Crippen LogP contribution < -0.4 is 11.1 Å². The van der Waals surface area contributed by atoms with E-state index in [0.717, 1.165) is 36.6 Å². The minimum Gasteiger partial charge on any atom is -0.383 e. The molecule has 0 bridgehead atoms. The molecule has 4 nitrogen and oxygen atoms in total. The van der Waals surface area contributed by atoms with Crippen molar-refractivity contribution in [3.8, 4) is 0 Å². The van der Waals surface area contributed by atoms with Crippen LogP contribution in [0.5, 0.6) is 0 Å². The van der Waals surface area contributed by atoms with E-state index in [4.69, 9.17) is 10.5 Å². The fourth-order valence-corrected chi connectivity index (χ4v) is 3.31. The van der Waals surface area contributed by atoms with Gasteiger partial charge in [0, 0.05) is 23.3 Å². The number of nitrogens with two attached hydrogens (primary N) is 1. The largest absolute Gasteiger partial charge is 0.383 e. The third-order valence-electron chi connectivity index (χ3n) is 3.38. The highest BCUT2D eigenvalue weighted by Crippen LogP contribution is 2.30. The molecule has 1 aromatic heterocycles. The van der Waals surface area contributed by atoms with Gasteiger partial charge in [0.05, 0.1) is 18.8 Å². The van der Waals surface area contributed by atoms with E-state index < -0.39 is 0 Å². The quantitative estimate of drug-likeness (QED) is 0.866. The summed E-state index contributed by atoms with van der Waals surface area (Å²) in [5, 5.41) is 3.58. The van der Waals surface area contributed by atoms with Crippen molar-refractivity contribution in [2.45, 2.75) is 32.4 Å². The van der Waals surface area contributed by atoms with E-state index in [9.17, 15) is 0 Å². The van der Waals surface area contributed by atoms with Crippen LogP contribution in [0.25, 0.3) is 0 Å². The lowest BCUT2D eigenvalue weighted by atomic mass is 9.98. The van der Waals surface area contributed by atoms with Gasteiger partial charge in [-0.3, -0.25) is 0 Å². The average Bonchev–Trinajstić information content (AvgIpc) is 2.43. The van der Waals surface area contributed by atoms with Gasteiger partial charge in [0.25, 0.3) is 0 Å². The first-order valence-electron chi connectivity index (χ1n) is 6.87. The molecule has 19 heavy (non-hydrogen) atoms. The molecule has 1 saturated heterocycles. The molecule has 0 radical (unpaired) electrons. The number of hydrogen-bond acceptors (Lipinski definition) is 5. The maximum Gasteiger partial charge on any atom is 0.128 e. The Bertz CT molecular complexity index is 387. The molecule has 3 N–H and O–H groups in total. The molecule has 2 heterocycles. The van der Waals surface area contributed by atoms with E-state index in [1.807, 2.05) is 17.8 Å². The number of nitrogen functional groups attached to an aromatic ring is 1. The van der Waals surface area contributed by atoms with E-state index in [-0.39, 0.29) is 12.1 Å². The number of thioether (sulfide) groups is 1. The Morgan fingerprint density at radius 2 is 2.47 bits per heavy atom. The molecule has 1 aliphatic rings. The van der Waals surface area contributed by atoms with Gasteiger partial charge in [-0.1, -0.05) is 6.92 Å². The van der Waals surface area contributed by atoms with Gasteiger partial charge in [-0.05, 0) is 31.5 Å². The van der Waals surface area contributed by atoms with Gasteiger partial charge in [-0.25, -0.2) is 4.98 Å². The molecule has 2 rings (SSSR count). The van der Waals surface area contributed by atoms with Crippen LogP contribution in [0.2, 0.25) is 0 Å². The van der Waals surface area contributed by atoms with Crippen molar-refractivity contribution in [2.24, 2.45) is 0 Å². The van der Waals surface area contributed by atoms with Gasteiger partial charge in [0.15, 0.2) is 0 Å². The number of nitrogens with one attached hydrogen (secondary N) is 1. The van der Waals surface area contributed by atoms with Crippen molar-refractivity contribution in [3.05, 3.63) is 23.4 Å². The Kier molecular flexibility index (Phi) is 5.48. The number of rotatable bonds is 5. The lowest BCUT2D eigenvalue weighted by Crippen LogP contribution is -2.39. The van der Waals surface area contributed by atoms with Gasteiger partial charge in [0.1, 0.15) is 5.82 Å². The number of hydrogen-bond donors (Lipinski definition) is 2. The SMILES string of the molecule is CCCNC(c1c(C)ccnc1N)C1CSCCO1. The maximum absolute atomic E-state index is 6.09. The van der Waals surface area contributed by atoms with Crippen LogP contribution >= 0.6 is 11.8 Å². The van der Waals surface area contributed by atoms with Crippen LogP contribution in [0.15, 0.2) is 12.3 Å². The molecule has 0 spiro atoms. The summed E-state index contributed by atoms with van der Waals surface area (Å²) in [6, 6.07) is 2.16. The van der Waals surface area contributed by atoms with E-state index in [1.165, 1.54) is 5.56 Å². The zero-order valence-electron chi connectivity index (χ0n) is 11.7. The Morgan fingerprint density at radius 1 is 1.63 bits per heavy atom. The lowest BCUT2D eigenvalue weighted by molar-refractivity contribution is 0.0467. The van der Waals surface area contributed by atoms with Gasteiger partial charge in [0.2, 0.25) is 0 Å². The van der Waals surface area contributed by atoms with Gasteiger partial charge < -0.3 is 15.8 Å². The molecule has 2 unspecified atom stereocenters. The smallest absolute Gasteiger partial charge is 0.128 e. The summed E-state index contributed by atoms with van der Waals surface area (Å²) in [6.45, 7) is 6.03. The van der Waals surface area contributed by atoms with Crippen LogP contribution in [-0.4, -0.2) is 35.7 Å². The highest BCUT2D eigenvalue weighted by atomic mass is 32.2. The summed E-state index contributed by atoms with van der Waals surface area (Å²) in [6.07, 6.45) is 3.03. The maximum atomic E-state index is 6.09. The second-order valence-corrected chi connectivity index (χ2v) is 5.99. The van der Waals surface area contributed by atoms with Crippen LogP contribution in [0.3, 0.4) is 0 Å². The fourth-order valence-electron chi connectivity index (χ4n) is 2.41. The number of anilines is 1. The number of pyridine rings is 1.